The third-order valence-electron chi connectivity index (χ3n) is 1.62. The SMILES string of the molecule is NC(=O)S.O=C(S)NCc1ccccc1[N+](=O)[O-]. The number of rotatable bonds is 3. The van der Waals surface area contributed by atoms with Gasteiger partial charge in [-0.15, -0.1) is 0 Å². The number of nitrogens with one attached hydrogen (secondary N) is 1. The van der Waals surface area contributed by atoms with Crippen LogP contribution in [0.15, 0.2) is 24.3 Å². The Kier molecular flexibility index (Phi) is 7.56. The first-order chi connectivity index (χ1) is 8.34. The number of hydrogen-bond acceptors (Lipinski definition) is 4. The lowest BCUT2D eigenvalue weighted by Crippen LogP contribution is -2.16. The Balaban J connectivity index is 0.000000631. The van der Waals surface area contributed by atoms with E-state index in [0.717, 1.165) is 0 Å². The molecule has 3 N–H and O–H groups in total. The number of nitro groups is 1. The van der Waals surface area contributed by atoms with Crippen molar-refractivity contribution in [3.8, 4) is 0 Å². The zero-order valence-electron chi connectivity index (χ0n) is 9.07. The minimum atomic E-state index is -0.639. The molecular weight excluding hydrogens is 278 g/mol. The van der Waals surface area contributed by atoms with Gasteiger partial charge >= 0.3 is 0 Å². The van der Waals surface area contributed by atoms with Crippen LogP contribution in [-0.2, 0) is 6.54 Å². The molecule has 0 aliphatic rings. The summed E-state index contributed by atoms with van der Waals surface area (Å²) in [6, 6.07) is 6.22. The van der Waals surface area contributed by atoms with Crippen molar-refractivity contribution in [1.29, 1.82) is 0 Å². The number of nitrogens with two attached hydrogens (primary N) is 1. The average Bonchev–Trinajstić information content (AvgIpc) is 2.25. The largest absolute Gasteiger partial charge is 0.361 e. The van der Waals surface area contributed by atoms with Crippen LogP contribution in [0.1, 0.15) is 5.56 Å². The first kappa shape index (κ1) is 16.3. The number of carbonyl (C=O) groups is 2. The fourth-order valence-electron chi connectivity index (χ4n) is 1.01. The number of carbonyl (C=O) groups excluding carboxylic acids is 2. The van der Waals surface area contributed by atoms with Crippen molar-refractivity contribution in [2.75, 3.05) is 0 Å². The van der Waals surface area contributed by atoms with Gasteiger partial charge in [-0.25, -0.2) is 0 Å². The van der Waals surface area contributed by atoms with E-state index in [1.54, 1.807) is 18.2 Å². The van der Waals surface area contributed by atoms with E-state index in [2.05, 4.69) is 36.3 Å². The van der Waals surface area contributed by atoms with Crippen molar-refractivity contribution in [3.05, 3.63) is 39.9 Å². The molecular formula is C9H11N3O4S2. The molecule has 1 aromatic rings. The fourth-order valence-corrected chi connectivity index (χ4v) is 1.09. The van der Waals surface area contributed by atoms with Gasteiger partial charge in [0.2, 0.25) is 0 Å². The predicted molar refractivity (Wildman–Crippen MR) is 72.9 cm³/mol. The second-order valence-electron chi connectivity index (χ2n) is 2.88. The maximum Gasteiger partial charge on any atom is 0.276 e. The van der Waals surface area contributed by atoms with Crippen LogP contribution in [0.25, 0.3) is 0 Å². The molecule has 0 heterocycles. The van der Waals surface area contributed by atoms with Gasteiger partial charge < -0.3 is 11.1 Å². The van der Waals surface area contributed by atoms with Gasteiger partial charge in [0, 0.05) is 11.6 Å². The molecule has 0 fully saturated rings. The van der Waals surface area contributed by atoms with Gasteiger partial charge in [0.15, 0.2) is 0 Å². The van der Waals surface area contributed by atoms with Crippen molar-refractivity contribution in [2.24, 2.45) is 5.73 Å². The third-order valence-corrected chi connectivity index (χ3v) is 1.78. The van der Waals surface area contributed by atoms with Crippen LogP contribution in [-0.4, -0.2) is 15.4 Å². The molecule has 18 heavy (non-hydrogen) atoms. The number of thiol groups is 2. The first-order valence-corrected chi connectivity index (χ1v) is 5.41. The molecule has 7 nitrogen and oxygen atoms in total. The lowest BCUT2D eigenvalue weighted by atomic mass is 10.2. The van der Waals surface area contributed by atoms with Crippen molar-refractivity contribution in [2.45, 2.75) is 6.54 Å². The zero-order chi connectivity index (χ0) is 14.1. The Morgan fingerprint density at radius 1 is 1.33 bits per heavy atom. The van der Waals surface area contributed by atoms with Gasteiger partial charge in [-0.2, -0.15) is 0 Å². The number of para-hydroxylation sites is 1. The van der Waals surface area contributed by atoms with Crippen LogP contribution in [0.5, 0.6) is 0 Å². The van der Waals surface area contributed by atoms with E-state index < -0.39 is 15.4 Å². The summed E-state index contributed by atoms with van der Waals surface area (Å²) in [5.74, 6) is 0. The molecule has 0 aliphatic heterocycles. The van der Waals surface area contributed by atoms with E-state index in [9.17, 15) is 14.9 Å². The summed E-state index contributed by atoms with van der Waals surface area (Å²) < 4.78 is 0. The summed E-state index contributed by atoms with van der Waals surface area (Å²) in [5.41, 5.74) is 4.79. The summed E-state index contributed by atoms with van der Waals surface area (Å²) in [4.78, 5) is 29.6. The Bertz CT molecular complexity index is 449. The van der Waals surface area contributed by atoms with Crippen LogP contribution >= 0.6 is 25.3 Å². The smallest absolute Gasteiger partial charge is 0.276 e. The predicted octanol–water partition coefficient (Wildman–Crippen LogP) is 1.73. The van der Waals surface area contributed by atoms with E-state index in [1.165, 1.54) is 6.07 Å². The molecule has 0 aliphatic carbocycles. The molecule has 0 saturated heterocycles. The topological polar surface area (TPSA) is 115 Å². The molecule has 9 heteroatoms. The third kappa shape index (κ3) is 7.52. The zero-order valence-corrected chi connectivity index (χ0v) is 10.9. The van der Waals surface area contributed by atoms with Crippen LogP contribution in [0.4, 0.5) is 15.3 Å². The molecule has 0 aromatic heterocycles. The molecule has 0 atom stereocenters. The Hall–Kier alpha value is -1.74. The van der Waals surface area contributed by atoms with Crippen molar-refractivity contribution in [3.63, 3.8) is 0 Å². The minimum Gasteiger partial charge on any atom is -0.361 e. The van der Waals surface area contributed by atoms with E-state index in [1.807, 2.05) is 0 Å². The maximum absolute atomic E-state index is 10.5. The number of amides is 2. The number of nitro benzene ring substituents is 1. The standard InChI is InChI=1S/C8H8N2O3S.CH3NOS/c11-8(14)9-5-6-3-1-2-4-7(6)10(12)13;2-1(3)4/h1-4H,5H2,(H2,9,11,14);(H3,2,3,4). The number of nitrogens with zero attached hydrogens (tertiary/aromatic N) is 1. The van der Waals surface area contributed by atoms with Crippen molar-refractivity contribution < 1.29 is 14.5 Å². The average molecular weight is 289 g/mol. The molecule has 0 radical (unpaired) electrons. The molecule has 1 rings (SSSR count). The fraction of sp³-hybridized carbons (Fsp3) is 0.111. The first-order valence-electron chi connectivity index (χ1n) is 4.52. The van der Waals surface area contributed by atoms with Crippen LogP contribution in [0.2, 0.25) is 0 Å². The summed E-state index contributed by atoms with van der Waals surface area (Å²) in [6.07, 6.45) is 0. The van der Waals surface area contributed by atoms with E-state index in [0.29, 0.717) is 5.56 Å². The van der Waals surface area contributed by atoms with E-state index >= 15 is 0 Å². The highest BCUT2D eigenvalue weighted by molar-refractivity contribution is 7.96. The van der Waals surface area contributed by atoms with Gasteiger partial charge in [0.1, 0.15) is 0 Å². The highest BCUT2D eigenvalue weighted by Crippen LogP contribution is 2.16. The Labute approximate surface area is 114 Å². The molecule has 0 bridgehead atoms. The Morgan fingerprint density at radius 2 is 1.83 bits per heavy atom. The highest BCUT2D eigenvalue weighted by atomic mass is 32.1. The highest BCUT2D eigenvalue weighted by Gasteiger charge is 2.11. The van der Waals surface area contributed by atoms with E-state index in [-0.39, 0.29) is 12.2 Å². The number of primary amides is 1. The summed E-state index contributed by atoms with van der Waals surface area (Å²) in [7, 11) is 0. The molecule has 98 valence electrons. The second-order valence-corrected chi connectivity index (χ2v) is 3.73. The second kappa shape index (κ2) is 8.37. The number of benzene rings is 1. The molecule has 0 unspecified atom stereocenters. The van der Waals surface area contributed by atoms with Gasteiger partial charge in [0.05, 0.1) is 11.5 Å². The quantitative estimate of drug-likeness (QED) is 0.385. The normalized spacial score (nSPS) is 8.78. The summed E-state index contributed by atoms with van der Waals surface area (Å²) >= 11 is 6.60. The van der Waals surface area contributed by atoms with E-state index in [4.69, 9.17) is 4.79 Å². The van der Waals surface area contributed by atoms with Gasteiger partial charge in [-0.3, -0.25) is 19.7 Å². The van der Waals surface area contributed by atoms with Gasteiger partial charge in [-0.05, 0) is 0 Å². The maximum atomic E-state index is 10.5. The lowest BCUT2D eigenvalue weighted by Gasteiger charge is -2.02. The van der Waals surface area contributed by atoms with Crippen LogP contribution in [0.3, 0.4) is 0 Å². The monoisotopic (exact) mass is 289 g/mol. The van der Waals surface area contributed by atoms with Crippen LogP contribution in [0, 0.1) is 10.1 Å². The van der Waals surface area contributed by atoms with Crippen molar-refractivity contribution in [1.82, 2.24) is 5.32 Å². The minimum absolute atomic E-state index is 0.00502. The molecule has 1 aromatic carbocycles. The van der Waals surface area contributed by atoms with Gasteiger partial charge in [0.25, 0.3) is 16.2 Å². The summed E-state index contributed by atoms with van der Waals surface area (Å²) in [6.45, 7) is 0.111. The Morgan fingerprint density at radius 3 is 2.28 bits per heavy atom. The van der Waals surface area contributed by atoms with Gasteiger partial charge in [-0.1, -0.05) is 43.5 Å². The van der Waals surface area contributed by atoms with Crippen molar-refractivity contribution >= 4 is 41.4 Å². The summed E-state index contributed by atoms with van der Waals surface area (Å²) in [5, 5.41) is 11.8. The number of hydrogen-bond donors (Lipinski definition) is 4. The van der Waals surface area contributed by atoms with Crippen LogP contribution < -0.4 is 11.1 Å². The lowest BCUT2D eigenvalue weighted by molar-refractivity contribution is -0.385. The molecule has 0 saturated carbocycles. The molecule has 2 amide bonds. The molecule has 0 spiro atoms.